The average Bonchev–Trinajstić information content (AvgIpc) is 2.66. The van der Waals surface area contributed by atoms with Crippen molar-refractivity contribution in [3.63, 3.8) is 0 Å². The van der Waals surface area contributed by atoms with E-state index in [1.54, 1.807) is 12.1 Å². The third-order valence-electron chi connectivity index (χ3n) is 4.68. The van der Waals surface area contributed by atoms with Gasteiger partial charge >= 0.3 is 0 Å². The van der Waals surface area contributed by atoms with E-state index >= 15 is 0 Å². The predicted octanol–water partition coefficient (Wildman–Crippen LogP) is 1.95. The second-order valence-corrected chi connectivity index (χ2v) is 8.28. The van der Waals surface area contributed by atoms with Crippen molar-refractivity contribution in [3.05, 3.63) is 59.2 Å². The first-order valence-electron chi connectivity index (χ1n) is 9.05. The van der Waals surface area contributed by atoms with Gasteiger partial charge in [-0.05, 0) is 73.1 Å². The van der Waals surface area contributed by atoms with Crippen LogP contribution in [0.1, 0.15) is 29.5 Å². The van der Waals surface area contributed by atoms with Crippen LogP contribution in [0.15, 0.2) is 47.4 Å². The Morgan fingerprint density at radius 3 is 2.44 bits per heavy atom. The normalized spacial score (nSPS) is 13.7. The predicted molar refractivity (Wildman–Crippen MR) is 103 cm³/mol. The van der Waals surface area contributed by atoms with Gasteiger partial charge in [0.2, 0.25) is 10.0 Å². The number of sulfonamides is 1. The van der Waals surface area contributed by atoms with Crippen LogP contribution in [0.2, 0.25) is 0 Å². The van der Waals surface area contributed by atoms with E-state index in [2.05, 4.69) is 11.4 Å². The zero-order chi connectivity index (χ0) is 19.3. The largest absolute Gasteiger partial charge is 0.484 e. The lowest BCUT2D eigenvalue weighted by molar-refractivity contribution is -0.123. The Morgan fingerprint density at radius 1 is 1.04 bits per heavy atom. The Labute approximate surface area is 159 Å². The fraction of sp³-hybridized carbons (Fsp3) is 0.350. The van der Waals surface area contributed by atoms with Gasteiger partial charge in [-0.15, -0.1) is 0 Å². The molecule has 1 amide bonds. The molecule has 0 unspecified atom stereocenters. The molecule has 144 valence electrons. The lowest BCUT2D eigenvalue weighted by Crippen LogP contribution is -2.30. The van der Waals surface area contributed by atoms with Crippen LogP contribution in [0.25, 0.3) is 0 Å². The van der Waals surface area contributed by atoms with Gasteiger partial charge in [0, 0.05) is 6.54 Å². The lowest BCUT2D eigenvalue weighted by Gasteiger charge is -2.16. The molecule has 7 heteroatoms. The van der Waals surface area contributed by atoms with Crippen molar-refractivity contribution in [1.82, 2.24) is 5.32 Å². The maximum absolute atomic E-state index is 11.9. The Hall–Kier alpha value is -2.38. The third-order valence-corrected chi connectivity index (χ3v) is 5.61. The molecule has 0 heterocycles. The molecule has 1 aliphatic rings. The highest BCUT2D eigenvalue weighted by Crippen LogP contribution is 2.25. The molecule has 2 aromatic rings. The minimum atomic E-state index is -3.68. The van der Waals surface area contributed by atoms with E-state index in [0.717, 1.165) is 24.2 Å². The number of hydrogen-bond donors (Lipinski definition) is 2. The van der Waals surface area contributed by atoms with Crippen molar-refractivity contribution >= 4 is 15.9 Å². The van der Waals surface area contributed by atoms with E-state index < -0.39 is 10.0 Å². The smallest absolute Gasteiger partial charge is 0.257 e. The van der Waals surface area contributed by atoms with Gasteiger partial charge in [-0.3, -0.25) is 4.79 Å². The highest BCUT2D eigenvalue weighted by atomic mass is 32.2. The van der Waals surface area contributed by atoms with Crippen molar-refractivity contribution in [2.45, 2.75) is 37.0 Å². The van der Waals surface area contributed by atoms with E-state index in [1.165, 1.54) is 36.1 Å². The van der Waals surface area contributed by atoms with Crippen LogP contribution >= 0.6 is 0 Å². The van der Waals surface area contributed by atoms with E-state index in [0.29, 0.717) is 13.0 Å². The van der Waals surface area contributed by atoms with Crippen LogP contribution in [-0.2, 0) is 34.1 Å². The van der Waals surface area contributed by atoms with Gasteiger partial charge in [-0.1, -0.05) is 18.2 Å². The maximum Gasteiger partial charge on any atom is 0.257 e. The number of carbonyl (C=O) groups excluding carboxylic acids is 1. The number of benzene rings is 2. The fourth-order valence-corrected chi connectivity index (χ4v) is 3.71. The molecule has 0 saturated heterocycles. The van der Waals surface area contributed by atoms with Gasteiger partial charge < -0.3 is 10.1 Å². The topological polar surface area (TPSA) is 98.5 Å². The highest BCUT2D eigenvalue weighted by Gasteiger charge is 2.11. The highest BCUT2D eigenvalue weighted by molar-refractivity contribution is 7.89. The second-order valence-electron chi connectivity index (χ2n) is 6.72. The zero-order valence-electron chi connectivity index (χ0n) is 15.1. The first-order chi connectivity index (χ1) is 12.9. The van der Waals surface area contributed by atoms with Gasteiger partial charge in [0.15, 0.2) is 6.61 Å². The monoisotopic (exact) mass is 388 g/mol. The Balaban J connectivity index is 1.42. The molecule has 6 nitrogen and oxygen atoms in total. The molecule has 2 aromatic carbocycles. The van der Waals surface area contributed by atoms with Gasteiger partial charge in [0.1, 0.15) is 5.75 Å². The van der Waals surface area contributed by atoms with Gasteiger partial charge in [0.05, 0.1) is 4.90 Å². The SMILES string of the molecule is NS(=O)(=O)c1ccc(CCNC(=O)COc2ccc3c(c2)CCCC3)cc1. The van der Waals surface area contributed by atoms with E-state index in [-0.39, 0.29) is 17.4 Å². The summed E-state index contributed by atoms with van der Waals surface area (Å²) < 4.78 is 28.0. The number of carbonyl (C=O) groups is 1. The summed E-state index contributed by atoms with van der Waals surface area (Å²) in [5, 5.41) is 7.87. The van der Waals surface area contributed by atoms with Crippen LogP contribution < -0.4 is 15.2 Å². The molecule has 27 heavy (non-hydrogen) atoms. The van der Waals surface area contributed by atoms with E-state index in [4.69, 9.17) is 9.88 Å². The first kappa shape index (κ1) is 19.4. The van der Waals surface area contributed by atoms with Crippen molar-refractivity contribution in [2.75, 3.05) is 13.2 Å². The van der Waals surface area contributed by atoms with Gasteiger partial charge in [-0.2, -0.15) is 0 Å². The molecule has 0 radical (unpaired) electrons. The number of aryl methyl sites for hydroxylation is 2. The summed E-state index contributed by atoms with van der Waals surface area (Å²) in [5.74, 6) is 0.540. The molecule has 0 fully saturated rings. The molecule has 0 bridgehead atoms. The lowest BCUT2D eigenvalue weighted by atomic mass is 9.92. The Bertz CT molecular complexity index is 908. The molecule has 3 N–H and O–H groups in total. The number of rotatable bonds is 7. The molecule has 0 aromatic heterocycles. The summed E-state index contributed by atoms with van der Waals surface area (Å²) in [5.41, 5.74) is 3.62. The molecular formula is C20H24N2O4S. The van der Waals surface area contributed by atoms with Crippen molar-refractivity contribution in [1.29, 1.82) is 0 Å². The number of ether oxygens (including phenoxy) is 1. The molecule has 1 aliphatic carbocycles. The van der Waals surface area contributed by atoms with Gasteiger partial charge in [0.25, 0.3) is 5.91 Å². The summed E-state index contributed by atoms with van der Waals surface area (Å²) in [6.45, 7) is 0.421. The molecule has 0 aliphatic heterocycles. The van der Waals surface area contributed by atoms with E-state index in [1.807, 2.05) is 12.1 Å². The van der Waals surface area contributed by atoms with E-state index in [9.17, 15) is 13.2 Å². The summed E-state index contributed by atoms with van der Waals surface area (Å²) >= 11 is 0. The number of nitrogens with one attached hydrogen (secondary N) is 1. The first-order valence-corrected chi connectivity index (χ1v) is 10.6. The number of fused-ring (bicyclic) bond motifs is 1. The standard InChI is InChI=1S/C20H24N2O4S/c21-27(24,25)19-9-5-15(6-10-19)11-12-22-20(23)14-26-18-8-7-16-3-1-2-4-17(16)13-18/h5-10,13H,1-4,11-12,14H2,(H,22,23)(H2,21,24,25). The summed E-state index contributed by atoms with van der Waals surface area (Å²) in [7, 11) is -3.68. The minimum absolute atomic E-state index is 0.0247. The molecule has 0 atom stereocenters. The fourth-order valence-electron chi connectivity index (χ4n) is 3.19. The molecule has 0 spiro atoms. The van der Waals surface area contributed by atoms with Crippen molar-refractivity contribution in [3.8, 4) is 5.75 Å². The van der Waals surface area contributed by atoms with Gasteiger partial charge in [-0.25, -0.2) is 13.6 Å². The van der Waals surface area contributed by atoms with Crippen molar-refractivity contribution in [2.24, 2.45) is 5.14 Å². The minimum Gasteiger partial charge on any atom is -0.484 e. The number of primary sulfonamides is 1. The number of amides is 1. The summed E-state index contributed by atoms with van der Waals surface area (Å²) in [6.07, 6.45) is 5.22. The van der Waals surface area contributed by atoms with Crippen LogP contribution in [-0.4, -0.2) is 27.5 Å². The van der Waals surface area contributed by atoms with Crippen LogP contribution in [0.4, 0.5) is 0 Å². The molecular weight excluding hydrogens is 364 g/mol. The third kappa shape index (κ3) is 5.55. The zero-order valence-corrected chi connectivity index (χ0v) is 15.9. The summed E-state index contributed by atoms with van der Waals surface area (Å²) in [4.78, 5) is 12.0. The maximum atomic E-state index is 11.9. The van der Waals surface area contributed by atoms with Crippen LogP contribution in [0, 0.1) is 0 Å². The second kappa shape index (κ2) is 8.54. The summed E-state index contributed by atoms with van der Waals surface area (Å²) in [6, 6.07) is 12.4. The Morgan fingerprint density at radius 2 is 1.74 bits per heavy atom. The van der Waals surface area contributed by atoms with Crippen LogP contribution in [0.5, 0.6) is 5.75 Å². The van der Waals surface area contributed by atoms with Crippen molar-refractivity contribution < 1.29 is 17.9 Å². The average molecular weight is 388 g/mol. The van der Waals surface area contributed by atoms with Crippen LogP contribution in [0.3, 0.4) is 0 Å². The molecule has 3 rings (SSSR count). The number of nitrogens with two attached hydrogens (primary N) is 1. The molecule has 0 saturated carbocycles. The quantitative estimate of drug-likeness (QED) is 0.757. The number of hydrogen-bond acceptors (Lipinski definition) is 4. The Kier molecular flexibility index (Phi) is 6.13.